The summed E-state index contributed by atoms with van der Waals surface area (Å²) < 4.78 is 14.4. The Labute approximate surface area is 121 Å². The van der Waals surface area contributed by atoms with Crippen LogP contribution >= 0.6 is 11.3 Å². The molecule has 0 saturated heterocycles. The van der Waals surface area contributed by atoms with E-state index >= 15 is 0 Å². The van der Waals surface area contributed by atoms with E-state index in [9.17, 15) is 9.18 Å². The number of carbonyl (C=O) groups excluding carboxylic acids is 1. The molecule has 0 spiro atoms. The number of hydrogen-bond acceptors (Lipinski definition) is 4. The van der Waals surface area contributed by atoms with E-state index in [2.05, 4.69) is 17.1 Å². The van der Waals surface area contributed by atoms with Gasteiger partial charge >= 0.3 is 0 Å². The molecule has 0 atom stereocenters. The van der Waals surface area contributed by atoms with Crippen LogP contribution in [0.15, 0.2) is 18.2 Å². The van der Waals surface area contributed by atoms with Gasteiger partial charge in [0.15, 0.2) is 0 Å². The van der Waals surface area contributed by atoms with Gasteiger partial charge in [0, 0.05) is 17.8 Å². The van der Waals surface area contributed by atoms with Crippen LogP contribution < -0.4 is 11.1 Å². The highest BCUT2D eigenvalue weighted by molar-refractivity contribution is 7.21. The highest BCUT2D eigenvalue weighted by atomic mass is 32.1. The molecule has 0 aliphatic heterocycles. The van der Waals surface area contributed by atoms with Crippen LogP contribution in [-0.4, -0.2) is 37.5 Å². The van der Waals surface area contributed by atoms with Crippen LogP contribution in [0.4, 0.5) is 10.1 Å². The molecule has 0 aliphatic carbocycles. The minimum absolute atomic E-state index is 0.226. The van der Waals surface area contributed by atoms with Crippen LogP contribution in [0.1, 0.15) is 16.6 Å². The van der Waals surface area contributed by atoms with Crippen molar-refractivity contribution in [1.29, 1.82) is 0 Å². The van der Waals surface area contributed by atoms with Gasteiger partial charge in [0.05, 0.1) is 11.1 Å². The quantitative estimate of drug-likeness (QED) is 0.890. The first kappa shape index (κ1) is 14.7. The van der Waals surface area contributed by atoms with E-state index in [0.717, 1.165) is 13.1 Å². The Kier molecular flexibility index (Phi) is 4.57. The van der Waals surface area contributed by atoms with Crippen molar-refractivity contribution >= 4 is 33.0 Å². The zero-order valence-electron chi connectivity index (χ0n) is 11.6. The van der Waals surface area contributed by atoms with Gasteiger partial charge in [-0.15, -0.1) is 11.3 Å². The number of benzene rings is 1. The summed E-state index contributed by atoms with van der Waals surface area (Å²) in [6.45, 7) is 4.28. The van der Waals surface area contributed by atoms with Gasteiger partial charge in [0.2, 0.25) is 0 Å². The summed E-state index contributed by atoms with van der Waals surface area (Å²) in [4.78, 5) is 14.6. The van der Waals surface area contributed by atoms with E-state index in [0.29, 0.717) is 21.5 Å². The van der Waals surface area contributed by atoms with Crippen molar-refractivity contribution in [3.63, 3.8) is 0 Å². The summed E-state index contributed by atoms with van der Waals surface area (Å²) in [6, 6.07) is 4.73. The molecule has 1 heterocycles. The van der Waals surface area contributed by atoms with Gasteiger partial charge in [0.1, 0.15) is 10.7 Å². The Balaban J connectivity index is 2.15. The van der Waals surface area contributed by atoms with Crippen LogP contribution in [0.2, 0.25) is 0 Å². The summed E-state index contributed by atoms with van der Waals surface area (Å²) in [6.07, 6.45) is 0. The minimum atomic E-state index is -0.388. The van der Waals surface area contributed by atoms with E-state index in [4.69, 9.17) is 5.73 Å². The molecule has 1 aromatic carbocycles. The van der Waals surface area contributed by atoms with Gasteiger partial charge < -0.3 is 16.0 Å². The number of nitrogens with two attached hydrogens (primary N) is 1. The first-order valence-electron chi connectivity index (χ1n) is 6.47. The molecule has 3 N–H and O–H groups in total. The van der Waals surface area contributed by atoms with Crippen molar-refractivity contribution in [3.8, 4) is 0 Å². The summed E-state index contributed by atoms with van der Waals surface area (Å²) >= 11 is 1.22. The minimum Gasteiger partial charge on any atom is -0.397 e. The van der Waals surface area contributed by atoms with Gasteiger partial charge in [-0.3, -0.25) is 4.79 Å². The lowest BCUT2D eigenvalue weighted by molar-refractivity contribution is 0.0955. The fourth-order valence-electron chi connectivity index (χ4n) is 1.90. The number of anilines is 1. The molecule has 2 rings (SSSR count). The standard InChI is InChI=1S/C14H18FN3OS/c1-3-18(2)8-7-17-14(19)13-12(16)11-9(15)5-4-6-10(11)20-13/h4-6H,3,7-8,16H2,1-2H3,(H,17,19). The monoisotopic (exact) mass is 295 g/mol. The number of hydrogen-bond donors (Lipinski definition) is 2. The Morgan fingerprint density at radius 3 is 2.90 bits per heavy atom. The molecule has 0 bridgehead atoms. The third kappa shape index (κ3) is 2.91. The number of carbonyl (C=O) groups is 1. The topological polar surface area (TPSA) is 58.4 Å². The SMILES string of the molecule is CCN(C)CCNC(=O)c1sc2cccc(F)c2c1N. The molecule has 1 aromatic heterocycles. The summed E-state index contributed by atoms with van der Waals surface area (Å²) in [5, 5.41) is 3.15. The average molecular weight is 295 g/mol. The van der Waals surface area contributed by atoms with Crippen LogP contribution in [0.25, 0.3) is 10.1 Å². The maximum Gasteiger partial charge on any atom is 0.263 e. The molecule has 108 valence electrons. The maximum absolute atomic E-state index is 13.7. The molecule has 0 radical (unpaired) electrons. The number of nitrogens with one attached hydrogen (secondary N) is 1. The largest absolute Gasteiger partial charge is 0.397 e. The van der Waals surface area contributed by atoms with Gasteiger partial charge in [0.25, 0.3) is 5.91 Å². The third-order valence-corrected chi connectivity index (χ3v) is 4.40. The van der Waals surface area contributed by atoms with Crippen molar-refractivity contribution in [2.75, 3.05) is 32.4 Å². The number of fused-ring (bicyclic) bond motifs is 1. The Morgan fingerprint density at radius 2 is 2.25 bits per heavy atom. The number of likely N-dealkylation sites (N-methyl/N-ethyl adjacent to an activating group) is 1. The highest BCUT2D eigenvalue weighted by Gasteiger charge is 2.18. The van der Waals surface area contributed by atoms with Crippen molar-refractivity contribution in [2.24, 2.45) is 0 Å². The number of rotatable bonds is 5. The summed E-state index contributed by atoms with van der Waals surface area (Å²) in [7, 11) is 1.98. The van der Waals surface area contributed by atoms with Crippen molar-refractivity contribution in [3.05, 3.63) is 28.9 Å². The zero-order chi connectivity index (χ0) is 14.7. The van der Waals surface area contributed by atoms with Crippen LogP contribution in [0.3, 0.4) is 0 Å². The van der Waals surface area contributed by atoms with E-state index in [1.165, 1.54) is 17.4 Å². The molecule has 4 nitrogen and oxygen atoms in total. The van der Waals surface area contributed by atoms with Crippen LogP contribution in [-0.2, 0) is 0 Å². The fourth-order valence-corrected chi connectivity index (χ4v) is 2.95. The first-order valence-corrected chi connectivity index (χ1v) is 7.29. The van der Waals surface area contributed by atoms with Crippen molar-refractivity contribution < 1.29 is 9.18 Å². The highest BCUT2D eigenvalue weighted by Crippen LogP contribution is 2.35. The van der Waals surface area contributed by atoms with Gasteiger partial charge in [-0.1, -0.05) is 13.0 Å². The molecular weight excluding hydrogens is 277 g/mol. The molecule has 2 aromatic rings. The lowest BCUT2D eigenvalue weighted by Crippen LogP contribution is -2.32. The van der Waals surface area contributed by atoms with Gasteiger partial charge in [-0.2, -0.15) is 0 Å². The molecule has 1 amide bonds. The smallest absolute Gasteiger partial charge is 0.263 e. The average Bonchev–Trinajstić information content (AvgIpc) is 2.77. The number of nitrogens with zero attached hydrogens (tertiary/aromatic N) is 1. The number of halogens is 1. The molecule has 6 heteroatoms. The number of amides is 1. The Hall–Kier alpha value is -1.66. The second kappa shape index (κ2) is 6.19. The number of thiophene rings is 1. The molecule has 20 heavy (non-hydrogen) atoms. The predicted molar refractivity (Wildman–Crippen MR) is 81.7 cm³/mol. The maximum atomic E-state index is 13.7. The van der Waals surface area contributed by atoms with Crippen LogP contribution in [0, 0.1) is 5.82 Å². The predicted octanol–water partition coefficient (Wildman–Crippen LogP) is 2.30. The zero-order valence-corrected chi connectivity index (χ0v) is 12.4. The second-order valence-electron chi connectivity index (χ2n) is 4.61. The lowest BCUT2D eigenvalue weighted by atomic mass is 10.2. The van der Waals surface area contributed by atoms with Crippen molar-refractivity contribution in [2.45, 2.75) is 6.92 Å². The third-order valence-electron chi connectivity index (χ3n) is 3.23. The van der Waals surface area contributed by atoms with E-state index in [-0.39, 0.29) is 17.4 Å². The molecule has 0 fully saturated rings. The fraction of sp³-hybridized carbons (Fsp3) is 0.357. The molecule has 0 unspecified atom stereocenters. The summed E-state index contributed by atoms with van der Waals surface area (Å²) in [5.74, 6) is -0.631. The van der Waals surface area contributed by atoms with E-state index in [1.807, 2.05) is 7.05 Å². The molecular formula is C14H18FN3OS. The lowest BCUT2D eigenvalue weighted by Gasteiger charge is -2.13. The Morgan fingerprint density at radius 1 is 1.50 bits per heavy atom. The summed E-state index contributed by atoms with van der Waals surface area (Å²) in [5.41, 5.74) is 6.12. The van der Waals surface area contributed by atoms with Gasteiger partial charge in [-0.05, 0) is 25.7 Å². The number of nitrogen functional groups attached to an aromatic ring is 1. The van der Waals surface area contributed by atoms with Gasteiger partial charge in [-0.25, -0.2) is 4.39 Å². The second-order valence-corrected chi connectivity index (χ2v) is 5.66. The van der Waals surface area contributed by atoms with E-state index in [1.54, 1.807) is 12.1 Å². The normalized spacial score (nSPS) is 11.2. The van der Waals surface area contributed by atoms with Crippen LogP contribution in [0.5, 0.6) is 0 Å². The molecule has 0 aliphatic rings. The van der Waals surface area contributed by atoms with E-state index < -0.39 is 0 Å². The molecule has 0 saturated carbocycles. The van der Waals surface area contributed by atoms with Crippen molar-refractivity contribution in [1.82, 2.24) is 10.2 Å². The first-order chi connectivity index (χ1) is 9.54. The Bertz CT molecular complexity index is 626.